The average Bonchev–Trinajstić information content (AvgIpc) is 3.16. The highest BCUT2D eigenvalue weighted by Crippen LogP contribution is 2.30. The van der Waals surface area contributed by atoms with Crippen molar-refractivity contribution in [3.05, 3.63) is 30.1 Å². The maximum Gasteiger partial charge on any atom is 0.309 e. The number of aromatic nitrogens is 2. The molecule has 1 heterocycles. The van der Waals surface area contributed by atoms with E-state index in [1.54, 1.807) is 18.2 Å². The monoisotopic (exact) mass is 260 g/mol. The third-order valence-corrected chi connectivity index (χ3v) is 2.86. The zero-order valence-corrected chi connectivity index (χ0v) is 10.1. The summed E-state index contributed by atoms with van der Waals surface area (Å²) < 4.78 is 10.1. The first-order chi connectivity index (χ1) is 9.24. The Hall–Kier alpha value is -2.37. The number of ether oxygens (including phenoxy) is 1. The van der Waals surface area contributed by atoms with Gasteiger partial charge in [-0.2, -0.15) is 4.98 Å². The van der Waals surface area contributed by atoms with E-state index in [0.717, 1.165) is 12.8 Å². The maximum atomic E-state index is 11.4. The van der Waals surface area contributed by atoms with E-state index in [1.165, 1.54) is 6.07 Å². The fraction of sp³-hybridized carbons (Fsp3) is 0.308. The summed E-state index contributed by atoms with van der Waals surface area (Å²) in [6.07, 6.45) is 1.79. The van der Waals surface area contributed by atoms with E-state index in [2.05, 4.69) is 10.1 Å². The van der Waals surface area contributed by atoms with Gasteiger partial charge in [0, 0.05) is 0 Å². The van der Waals surface area contributed by atoms with Gasteiger partial charge in [-0.3, -0.25) is 4.79 Å². The minimum Gasteiger partial charge on any atom is -0.507 e. The summed E-state index contributed by atoms with van der Waals surface area (Å²) in [7, 11) is 0. The topological polar surface area (TPSA) is 85.5 Å². The largest absolute Gasteiger partial charge is 0.507 e. The van der Waals surface area contributed by atoms with Crippen LogP contribution in [-0.4, -0.2) is 21.2 Å². The van der Waals surface area contributed by atoms with Crippen molar-refractivity contribution in [2.75, 3.05) is 0 Å². The molecule has 0 bridgehead atoms. The Balaban J connectivity index is 1.69. The Kier molecular flexibility index (Phi) is 2.91. The highest BCUT2D eigenvalue weighted by molar-refractivity contribution is 5.74. The SMILES string of the molecule is O=C(OCc1noc(-c2ccccc2O)n1)C1CC1. The number of rotatable bonds is 4. The second-order valence-corrected chi connectivity index (χ2v) is 4.41. The summed E-state index contributed by atoms with van der Waals surface area (Å²) in [5.74, 6) is 0.383. The van der Waals surface area contributed by atoms with Gasteiger partial charge in [0.1, 0.15) is 5.75 Å². The highest BCUT2D eigenvalue weighted by Gasteiger charge is 2.31. The van der Waals surface area contributed by atoms with Gasteiger partial charge < -0.3 is 14.4 Å². The number of carbonyl (C=O) groups is 1. The van der Waals surface area contributed by atoms with Crippen LogP contribution < -0.4 is 0 Å². The molecule has 0 aliphatic heterocycles. The lowest BCUT2D eigenvalue weighted by Crippen LogP contribution is -2.07. The van der Waals surface area contributed by atoms with E-state index >= 15 is 0 Å². The highest BCUT2D eigenvalue weighted by atomic mass is 16.5. The fourth-order valence-corrected chi connectivity index (χ4v) is 1.65. The number of nitrogens with zero attached hydrogens (tertiary/aromatic N) is 2. The number of carbonyl (C=O) groups excluding carboxylic acids is 1. The molecule has 98 valence electrons. The molecule has 2 aromatic rings. The number of phenols is 1. The molecule has 0 spiro atoms. The van der Waals surface area contributed by atoms with Gasteiger partial charge in [-0.05, 0) is 25.0 Å². The molecular weight excluding hydrogens is 248 g/mol. The van der Waals surface area contributed by atoms with Crippen LogP contribution in [0.15, 0.2) is 28.8 Å². The van der Waals surface area contributed by atoms with Crippen LogP contribution in [0.1, 0.15) is 18.7 Å². The smallest absolute Gasteiger partial charge is 0.309 e. The van der Waals surface area contributed by atoms with Gasteiger partial charge in [0.15, 0.2) is 6.61 Å². The van der Waals surface area contributed by atoms with E-state index in [1.807, 2.05) is 0 Å². The molecule has 0 radical (unpaired) electrons. The van der Waals surface area contributed by atoms with Gasteiger partial charge in [0.2, 0.25) is 5.82 Å². The Morgan fingerprint density at radius 3 is 2.95 bits per heavy atom. The van der Waals surface area contributed by atoms with E-state index in [0.29, 0.717) is 5.56 Å². The summed E-state index contributed by atoms with van der Waals surface area (Å²) in [6.45, 7) is -0.00751. The Morgan fingerprint density at radius 2 is 2.21 bits per heavy atom. The number of aromatic hydroxyl groups is 1. The summed E-state index contributed by atoms with van der Waals surface area (Å²) in [5, 5.41) is 13.4. The average molecular weight is 260 g/mol. The Labute approximate surface area is 109 Å². The molecule has 1 N–H and O–H groups in total. The van der Waals surface area contributed by atoms with Crippen molar-refractivity contribution in [1.29, 1.82) is 0 Å². The molecule has 6 heteroatoms. The molecule has 1 aliphatic carbocycles. The summed E-state index contributed by atoms with van der Waals surface area (Å²) in [4.78, 5) is 15.4. The van der Waals surface area contributed by atoms with Crippen molar-refractivity contribution in [2.24, 2.45) is 5.92 Å². The molecule has 1 aliphatic rings. The van der Waals surface area contributed by atoms with Gasteiger partial charge >= 0.3 is 5.97 Å². The number of phenolic OH excluding ortho intramolecular Hbond substituents is 1. The number of para-hydroxylation sites is 1. The van der Waals surface area contributed by atoms with Crippen molar-refractivity contribution >= 4 is 5.97 Å². The minimum atomic E-state index is -0.214. The lowest BCUT2D eigenvalue weighted by molar-refractivity contribution is -0.146. The number of hydrogen-bond donors (Lipinski definition) is 1. The molecule has 19 heavy (non-hydrogen) atoms. The zero-order valence-electron chi connectivity index (χ0n) is 10.1. The summed E-state index contributed by atoms with van der Waals surface area (Å²) >= 11 is 0. The van der Waals surface area contributed by atoms with Crippen LogP contribution in [0.3, 0.4) is 0 Å². The second kappa shape index (κ2) is 4.72. The first-order valence-electron chi connectivity index (χ1n) is 6.01. The van der Waals surface area contributed by atoms with Gasteiger partial charge in [0.05, 0.1) is 11.5 Å². The standard InChI is InChI=1S/C13H12N2O4/c16-10-4-2-1-3-9(10)12-14-11(15-19-12)7-18-13(17)8-5-6-8/h1-4,8,16H,5-7H2. The van der Waals surface area contributed by atoms with Crippen molar-refractivity contribution in [3.8, 4) is 17.2 Å². The molecule has 1 aromatic heterocycles. The molecule has 3 rings (SSSR count). The van der Waals surface area contributed by atoms with Crippen molar-refractivity contribution < 1.29 is 19.2 Å². The van der Waals surface area contributed by atoms with Crippen LogP contribution in [0.2, 0.25) is 0 Å². The maximum absolute atomic E-state index is 11.4. The van der Waals surface area contributed by atoms with Crippen LogP contribution in [0, 0.1) is 5.92 Å². The molecule has 1 saturated carbocycles. The molecule has 6 nitrogen and oxygen atoms in total. The van der Waals surface area contributed by atoms with Gasteiger partial charge in [-0.15, -0.1) is 0 Å². The van der Waals surface area contributed by atoms with Gasteiger partial charge in [0.25, 0.3) is 5.89 Å². The van der Waals surface area contributed by atoms with Crippen molar-refractivity contribution in [1.82, 2.24) is 10.1 Å². The molecule has 0 amide bonds. The van der Waals surface area contributed by atoms with Crippen LogP contribution >= 0.6 is 0 Å². The first kappa shape index (κ1) is 11.7. The third-order valence-electron chi connectivity index (χ3n) is 2.86. The predicted molar refractivity (Wildman–Crippen MR) is 63.9 cm³/mol. The summed E-state index contributed by atoms with van der Waals surface area (Å²) in [5.41, 5.74) is 0.453. The molecule has 0 unspecified atom stereocenters. The van der Waals surface area contributed by atoms with Crippen LogP contribution in [-0.2, 0) is 16.1 Å². The molecule has 0 atom stereocenters. The number of benzene rings is 1. The van der Waals surface area contributed by atoms with E-state index in [9.17, 15) is 9.90 Å². The number of hydrogen-bond acceptors (Lipinski definition) is 6. The molecule has 1 fully saturated rings. The Bertz CT molecular complexity index is 604. The zero-order chi connectivity index (χ0) is 13.2. The van der Waals surface area contributed by atoms with E-state index < -0.39 is 0 Å². The molecular formula is C13H12N2O4. The van der Waals surface area contributed by atoms with Crippen LogP contribution in [0.25, 0.3) is 11.5 Å². The quantitative estimate of drug-likeness (QED) is 0.845. The van der Waals surface area contributed by atoms with Gasteiger partial charge in [-0.1, -0.05) is 17.3 Å². The van der Waals surface area contributed by atoms with Crippen LogP contribution in [0.4, 0.5) is 0 Å². The normalized spacial score (nSPS) is 14.3. The summed E-state index contributed by atoms with van der Waals surface area (Å²) in [6, 6.07) is 6.66. The third kappa shape index (κ3) is 2.57. The lowest BCUT2D eigenvalue weighted by Gasteiger charge is -1.98. The first-order valence-corrected chi connectivity index (χ1v) is 6.01. The Morgan fingerprint density at radius 1 is 1.42 bits per heavy atom. The number of esters is 1. The van der Waals surface area contributed by atoms with E-state index in [4.69, 9.17) is 9.26 Å². The minimum absolute atomic E-state index is 0.00751. The molecule has 1 aromatic carbocycles. The second-order valence-electron chi connectivity index (χ2n) is 4.41. The van der Waals surface area contributed by atoms with Crippen molar-refractivity contribution in [3.63, 3.8) is 0 Å². The van der Waals surface area contributed by atoms with E-state index in [-0.39, 0.29) is 36.0 Å². The lowest BCUT2D eigenvalue weighted by atomic mass is 10.2. The van der Waals surface area contributed by atoms with Crippen molar-refractivity contribution in [2.45, 2.75) is 19.4 Å². The van der Waals surface area contributed by atoms with Crippen LogP contribution in [0.5, 0.6) is 5.75 Å². The molecule has 0 saturated heterocycles. The van der Waals surface area contributed by atoms with Gasteiger partial charge in [-0.25, -0.2) is 0 Å². The fourth-order valence-electron chi connectivity index (χ4n) is 1.65. The predicted octanol–water partition coefficient (Wildman–Crippen LogP) is 1.90.